The number of fused-ring (bicyclic) bond motifs is 3. The molecule has 0 aromatic heterocycles. The van der Waals surface area contributed by atoms with Gasteiger partial charge in [0.15, 0.2) is 17.5 Å². The molecule has 0 atom stereocenters. The minimum absolute atomic E-state index is 0.0961. The van der Waals surface area contributed by atoms with Gasteiger partial charge in [0.1, 0.15) is 5.56 Å². The van der Waals surface area contributed by atoms with Crippen molar-refractivity contribution in [3.05, 3.63) is 82.3 Å². The molecular weight excluding hydrogens is 319 g/mol. The van der Waals surface area contributed by atoms with E-state index in [1.165, 1.54) is 6.07 Å². The molecule has 0 N–H and O–H groups in total. The minimum atomic E-state index is -1.65. The van der Waals surface area contributed by atoms with Gasteiger partial charge in [0, 0.05) is 6.07 Å². The summed E-state index contributed by atoms with van der Waals surface area (Å²) in [5.41, 5.74) is -0.465. The number of carbonyl (C=O) groups is 1. The van der Waals surface area contributed by atoms with E-state index in [1.54, 1.807) is 30.3 Å². The van der Waals surface area contributed by atoms with Gasteiger partial charge in [-0.1, -0.05) is 24.3 Å². The number of Topliss-reactive ketones (excluding diaryl/α,β-unsaturated/α-hetero) is 1. The number of rotatable bonds is 1. The van der Waals surface area contributed by atoms with Gasteiger partial charge in [-0.2, -0.15) is 4.74 Å². The van der Waals surface area contributed by atoms with Gasteiger partial charge < -0.3 is 5.21 Å². The summed E-state index contributed by atoms with van der Waals surface area (Å²) in [6.45, 7) is 0. The Morgan fingerprint density at radius 2 is 1.58 bits per heavy atom. The highest BCUT2D eigenvalue weighted by molar-refractivity contribution is 6.53. The van der Waals surface area contributed by atoms with Gasteiger partial charge in [-0.15, -0.1) is 0 Å². The molecule has 118 valence electrons. The second-order valence-corrected chi connectivity index (χ2v) is 5.41. The molecule has 6 heteroatoms. The number of carbonyl (C=O) groups excluding carboxylic acids is 1. The van der Waals surface area contributed by atoms with Crippen molar-refractivity contribution in [2.75, 3.05) is 0 Å². The number of ketones is 1. The lowest BCUT2D eigenvalue weighted by Crippen LogP contribution is -2.17. The Balaban J connectivity index is 1.98. The molecule has 3 aromatic carbocycles. The van der Waals surface area contributed by atoms with Gasteiger partial charge >= 0.3 is 0 Å². The Labute approximate surface area is 133 Å². The fourth-order valence-corrected chi connectivity index (χ4v) is 2.94. The first-order valence-corrected chi connectivity index (χ1v) is 7.04. The molecule has 0 saturated heterocycles. The van der Waals surface area contributed by atoms with Gasteiger partial charge in [0.2, 0.25) is 5.69 Å². The quantitative estimate of drug-likeness (QED) is 0.384. The van der Waals surface area contributed by atoms with E-state index in [-0.39, 0.29) is 16.8 Å². The van der Waals surface area contributed by atoms with Crippen molar-refractivity contribution in [1.29, 1.82) is 0 Å². The molecule has 1 heterocycles. The molecule has 0 saturated carbocycles. The summed E-state index contributed by atoms with van der Waals surface area (Å²) in [6, 6.07) is 11.4. The lowest BCUT2D eigenvalue weighted by Gasteiger charge is -2.03. The zero-order valence-corrected chi connectivity index (χ0v) is 12.0. The zero-order valence-electron chi connectivity index (χ0n) is 12.0. The second-order valence-electron chi connectivity index (χ2n) is 5.41. The molecule has 0 amide bonds. The van der Waals surface area contributed by atoms with Crippen molar-refractivity contribution >= 4 is 28.0 Å². The van der Waals surface area contributed by atoms with Crippen molar-refractivity contribution < 1.29 is 22.7 Å². The molecule has 0 aliphatic carbocycles. The van der Waals surface area contributed by atoms with Crippen LogP contribution in [-0.2, 0) is 0 Å². The van der Waals surface area contributed by atoms with E-state index >= 15 is 0 Å². The summed E-state index contributed by atoms with van der Waals surface area (Å²) in [6.07, 6.45) is 0. The van der Waals surface area contributed by atoms with Gasteiger partial charge in [-0.25, -0.2) is 13.2 Å². The molecule has 3 aromatic rings. The highest BCUT2D eigenvalue weighted by Crippen LogP contribution is 2.34. The van der Waals surface area contributed by atoms with E-state index in [1.807, 2.05) is 0 Å². The van der Waals surface area contributed by atoms with E-state index in [4.69, 9.17) is 0 Å². The van der Waals surface area contributed by atoms with Crippen LogP contribution in [0.3, 0.4) is 0 Å². The summed E-state index contributed by atoms with van der Waals surface area (Å²) in [5, 5.41) is 13.8. The largest absolute Gasteiger partial charge is 0.618 e. The molecule has 3 nitrogen and oxygen atoms in total. The molecule has 0 fully saturated rings. The van der Waals surface area contributed by atoms with Gasteiger partial charge in [0.05, 0.1) is 5.56 Å². The Kier molecular flexibility index (Phi) is 2.96. The van der Waals surface area contributed by atoms with Crippen molar-refractivity contribution in [2.45, 2.75) is 0 Å². The Morgan fingerprint density at radius 3 is 2.29 bits per heavy atom. The number of nitrogens with zero attached hydrogens (tertiary/aromatic N) is 1. The topological polar surface area (TPSA) is 43.1 Å². The van der Waals surface area contributed by atoms with E-state index < -0.39 is 28.9 Å². The number of halogens is 3. The smallest absolute Gasteiger partial charge is 0.273 e. The lowest BCUT2D eigenvalue weighted by molar-refractivity contribution is -0.355. The van der Waals surface area contributed by atoms with E-state index in [0.29, 0.717) is 22.3 Å². The number of hydrogen-bond donors (Lipinski definition) is 0. The van der Waals surface area contributed by atoms with Gasteiger partial charge in [-0.05, 0) is 29.0 Å². The third kappa shape index (κ3) is 1.86. The maximum absolute atomic E-state index is 13.5. The average molecular weight is 327 g/mol. The Bertz CT molecular complexity index is 1050. The van der Waals surface area contributed by atoms with Crippen LogP contribution in [-0.4, -0.2) is 16.2 Å². The van der Waals surface area contributed by atoms with Crippen molar-refractivity contribution in [1.82, 2.24) is 0 Å². The Morgan fingerprint density at radius 1 is 0.917 bits per heavy atom. The number of benzene rings is 3. The second kappa shape index (κ2) is 4.92. The highest BCUT2D eigenvalue weighted by atomic mass is 19.2. The lowest BCUT2D eigenvalue weighted by atomic mass is 9.97. The minimum Gasteiger partial charge on any atom is -0.618 e. The molecule has 0 bridgehead atoms. The maximum atomic E-state index is 13.5. The van der Waals surface area contributed by atoms with E-state index in [9.17, 15) is 23.2 Å². The van der Waals surface area contributed by atoms with Crippen LogP contribution in [0.4, 0.5) is 18.9 Å². The normalized spacial score (nSPS) is 13.7. The monoisotopic (exact) mass is 327 g/mol. The zero-order chi connectivity index (χ0) is 17.0. The van der Waals surface area contributed by atoms with Crippen LogP contribution in [0.25, 0.3) is 10.8 Å². The summed E-state index contributed by atoms with van der Waals surface area (Å²) in [5.74, 6) is -5.22. The van der Waals surface area contributed by atoms with Crippen LogP contribution in [0.5, 0.6) is 0 Å². The fraction of sp³-hybridized carbons (Fsp3) is 0. The predicted octanol–water partition coefficient (Wildman–Crippen LogP) is 4.08. The first kappa shape index (κ1) is 14.4. The van der Waals surface area contributed by atoms with Crippen LogP contribution in [0, 0.1) is 22.7 Å². The molecule has 0 radical (unpaired) electrons. The first-order valence-electron chi connectivity index (χ1n) is 7.04. The molecule has 4 rings (SSSR count). The first-order chi connectivity index (χ1) is 11.5. The van der Waals surface area contributed by atoms with Gasteiger partial charge in [0.25, 0.3) is 11.5 Å². The van der Waals surface area contributed by atoms with Crippen LogP contribution in [0.2, 0.25) is 0 Å². The van der Waals surface area contributed by atoms with E-state index in [2.05, 4.69) is 0 Å². The van der Waals surface area contributed by atoms with Crippen LogP contribution >= 0.6 is 0 Å². The summed E-state index contributed by atoms with van der Waals surface area (Å²) >= 11 is 0. The molecule has 1 aliphatic rings. The van der Waals surface area contributed by atoms with Crippen molar-refractivity contribution in [3.8, 4) is 0 Å². The molecule has 0 spiro atoms. The third-order valence-corrected chi connectivity index (χ3v) is 4.03. The molecule has 24 heavy (non-hydrogen) atoms. The summed E-state index contributed by atoms with van der Waals surface area (Å²) in [7, 11) is 0. The van der Waals surface area contributed by atoms with Crippen LogP contribution < -0.4 is 0 Å². The summed E-state index contributed by atoms with van der Waals surface area (Å²) in [4.78, 5) is 12.7. The molecule has 1 aliphatic heterocycles. The van der Waals surface area contributed by atoms with Crippen LogP contribution in [0.1, 0.15) is 15.9 Å². The molecule has 0 unspecified atom stereocenters. The standard InChI is InChI=1S/C18H8F3NO2/c19-12-7-10(8-13(20)16(12)21)17-18(23)15-11-4-2-1-3-9(11)5-6-14(15)22(17)24/h1-8H. The van der Waals surface area contributed by atoms with Crippen molar-refractivity contribution in [3.63, 3.8) is 0 Å². The third-order valence-electron chi connectivity index (χ3n) is 4.03. The number of hydrogen-bond acceptors (Lipinski definition) is 2. The Hall–Kier alpha value is -3.15. The predicted molar refractivity (Wildman–Crippen MR) is 82.0 cm³/mol. The molecular formula is C18H8F3NO2. The summed E-state index contributed by atoms with van der Waals surface area (Å²) < 4.78 is 40.4. The average Bonchev–Trinajstić information content (AvgIpc) is 2.83. The SMILES string of the molecule is O=C1C(c2cc(F)c(F)c(F)c2)=[N+]([O-])c2ccc3ccccc3c21. The highest BCUT2D eigenvalue weighted by Gasteiger charge is 2.38. The fourth-order valence-electron chi connectivity index (χ4n) is 2.94. The maximum Gasteiger partial charge on any atom is 0.273 e. The van der Waals surface area contributed by atoms with Crippen molar-refractivity contribution in [2.24, 2.45) is 0 Å². The van der Waals surface area contributed by atoms with E-state index in [0.717, 1.165) is 5.39 Å². The van der Waals surface area contributed by atoms with Gasteiger partial charge in [-0.3, -0.25) is 4.79 Å². The van der Waals surface area contributed by atoms with Crippen LogP contribution in [0.15, 0.2) is 48.5 Å².